The highest BCUT2D eigenvalue weighted by atomic mass is 19.4. The molecule has 2 rings (SSSR count). The molecule has 0 saturated carbocycles. The molecule has 25 heavy (non-hydrogen) atoms. The molecule has 0 aliphatic rings. The van der Waals surface area contributed by atoms with E-state index in [9.17, 15) is 18.0 Å². The van der Waals surface area contributed by atoms with E-state index in [1.807, 2.05) is 0 Å². The van der Waals surface area contributed by atoms with Crippen molar-refractivity contribution in [2.75, 3.05) is 20.3 Å². The van der Waals surface area contributed by atoms with Gasteiger partial charge in [0.1, 0.15) is 18.1 Å². The number of hydrogen-bond donors (Lipinski definition) is 1. The lowest BCUT2D eigenvalue weighted by molar-refractivity contribution is -0.274. The summed E-state index contributed by atoms with van der Waals surface area (Å²) in [7, 11) is 1.48. The Bertz CT molecular complexity index is 735. The minimum absolute atomic E-state index is 0.0338. The van der Waals surface area contributed by atoms with Gasteiger partial charge in [0.05, 0.1) is 12.8 Å². The highest BCUT2D eigenvalue weighted by Crippen LogP contribution is 2.29. The molecule has 0 fully saturated rings. The van der Waals surface area contributed by atoms with E-state index in [0.29, 0.717) is 5.56 Å². The number of alkyl halides is 3. The second-order valence-electron chi connectivity index (χ2n) is 4.63. The van der Waals surface area contributed by atoms with E-state index in [0.717, 1.165) is 18.3 Å². The molecule has 1 aromatic heterocycles. The number of aromatic carboxylic acids is 1. The fourth-order valence-corrected chi connectivity index (χ4v) is 1.81. The third kappa shape index (κ3) is 5.31. The van der Waals surface area contributed by atoms with Gasteiger partial charge in [-0.05, 0) is 24.3 Å². The van der Waals surface area contributed by atoms with Gasteiger partial charge in [-0.3, -0.25) is 0 Å². The number of hydrogen-bond acceptors (Lipinski definition) is 6. The Balaban J connectivity index is 2.34. The summed E-state index contributed by atoms with van der Waals surface area (Å²) in [6.07, 6.45) is -3.78. The lowest BCUT2D eigenvalue weighted by atomic mass is 10.1. The third-order valence-corrected chi connectivity index (χ3v) is 2.85. The Morgan fingerprint density at radius 2 is 1.88 bits per heavy atom. The topological polar surface area (TPSA) is 90.8 Å². The van der Waals surface area contributed by atoms with Crippen LogP contribution in [0.3, 0.4) is 0 Å². The van der Waals surface area contributed by atoms with Gasteiger partial charge in [-0.15, -0.1) is 13.2 Å². The average Bonchev–Trinajstić information content (AvgIpc) is 2.54. The van der Waals surface area contributed by atoms with Gasteiger partial charge in [0.2, 0.25) is 5.88 Å². The fourth-order valence-electron chi connectivity index (χ4n) is 1.81. The van der Waals surface area contributed by atoms with Gasteiger partial charge in [0.25, 0.3) is 0 Å². The Hall–Kier alpha value is -2.88. The number of carboxylic acids is 1. The number of aromatic nitrogens is 2. The number of benzene rings is 1. The van der Waals surface area contributed by atoms with Crippen LogP contribution in [0.15, 0.2) is 30.5 Å². The molecule has 7 nitrogen and oxygen atoms in total. The summed E-state index contributed by atoms with van der Waals surface area (Å²) in [6.45, 7) is 0.403. The van der Waals surface area contributed by atoms with Crippen LogP contribution >= 0.6 is 0 Å². The van der Waals surface area contributed by atoms with Gasteiger partial charge in [-0.1, -0.05) is 0 Å². The predicted octanol–water partition coefficient (Wildman–Crippen LogP) is 2.77. The first-order chi connectivity index (χ1) is 11.8. The molecule has 0 unspecified atom stereocenters. The van der Waals surface area contributed by atoms with E-state index in [4.69, 9.17) is 14.6 Å². The minimum Gasteiger partial charge on any atom is -0.476 e. The zero-order chi connectivity index (χ0) is 18.4. The average molecular weight is 358 g/mol. The molecule has 0 radical (unpaired) electrons. The normalized spacial score (nSPS) is 11.2. The summed E-state index contributed by atoms with van der Waals surface area (Å²) < 4.78 is 50.6. The molecule has 1 N–H and O–H groups in total. The number of carboxylic acid groups (broad SMARTS) is 1. The molecule has 0 atom stereocenters. The van der Waals surface area contributed by atoms with E-state index >= 15 is 0 Å². The summed E-state index contributed by atoms with van der Waals surface area (Å²) in [5.41, 5.74) is 0.0665. The molecule has 0 amide bonds. The summed E-state index contributed by atoms with van der Waals surface area (Å²) >= 11 is 0. The molecule has 0 bridgehead atoms. The van der Waals surface area contributed by atoms with Crippen LogP contribution in [0, 0.1) is 0 Å². The maximum Gasteiger partial charge on any atom is 0.573 e. The quantitative estimate of drug-likeness (QED) is 0.761. The molecule has 10 heteroatoms. The summed E-state index contributed by atoms with van der Waals surface area (Å²) in [5, 5.41) is 9.02. The molecule has 2 aromatic rings. The number of rotatable bonds is 7. The Morgan fingerprint density at radius 3 is 2.44 bits per heavy atom. The van der Waals surface area contributed by atoms with E-state index in [1.165, 1.54) is 19.2 Å². The largest absolute Gasteiger partial charge is 0.573 e. The predicted molar refractivity (Wildman–Crippen MR) is 78.5 cm³/mol. The van der Waals surface area contributed by atoms with Crippen LogP contribution in [-0.2, 0) is 4.74 Å². The fraction of sp³-hybridized carbons (Fsp3) is 0.267. The number of methoxy groups -OCH3 is 1. The van der Waals surface area contributed by atoms with Crippen LogP contribution in [-0.4, -0.2) is 47.7 Å². The molecule has 1 aromatic carbocycles. The van der Waals surface area contributed by atoms with E-state index in [2.05, 4.69) is 14.7 Å². The second-order valence-corrected chi connectivity index (χ2v) is 4.63. The van der Waals surface area contributed by atoms with Crippen molar-refractivity contribution in [3.05, 3.63) is 36.2 Å². The Labute approximate surface area is 140 Å². The first-order valence-corrected chi connectivity index (χ1v) is 6.88. The zero-order valence-corrected chi connectivity index (χ0v) is 12.9. The molecule has 0 spiro atoms. The summed E-state index contributed by atoms with van der Waals surface area (Å²) in [5.74, 6) is -1.68. The van der Waals surface area contributed by atoms with Crippen molar-refractivity contribution in [3.63, 3.8) is 0 Å². The maximum atomic E-state index is 12.2. The van der Waals surface area contributed by atoms with Crippen molar-refractivity contribution < 1.29 is 37.3 Å². The van der Waals surface area contributed by atoms with Crippen LogP contribution in [0.4, 0.5) is 13.2 Å². The van der Waals surface area contributed by atoms with Crippen LogP contribution in [0.1, 0.15) is 10.5 Å². The van der Waals surface area contributed by atoms with Crippen molar-refractivity contribution in [2.24, 2.45) is 0 Å². The number of nitrogens with zero attached hydrogens (tertiary/aromatic N) is 2. The van der Waals surface area contributed by atoms with E-state index in [-0.39, 0.29) is 30.5 Å². The van der Waals surface area contributed by atoms with Crippen molar-refractivity contribution in [1.29, 1.82) is 0 Å². The second kappa shape index (κ2) is 7.79. The van der Waals surface area contributed by atoms with Crippen molar-refractivity contribution in [3.8, 4) is 22.9 Å². The van der Waals surface area contributed by atoms with Crippen LogP contribution < -0.4 is 9.47 Å². The number of ether oxygens (including phenoxy) is 3. The molecular weight excluding hydrogens is 345 g/mol. The lowest BCUT2D eigenvalue weighted by Gasteiger charge is -2.12. The summed E-state index contributed by atoms with van der Waals surface area (Å²) in [4.78, 5) is 18.9. The Kier molecular flexibility index (Phi) is 5.75. The van der Waals surface area contributed by atoms with E-state index < -0.39 is 18.1 Å². The number of halogens is 3. The SMILES string of the molecule is COCCOc1ncc(C(=O)O)nc1-c1ccc(OC(F)(F)F)cc1. The molecule has 0 aliphatic heterocycles. The highest BCUT2D eigenvalue weighted by Gasteiger charge is 2.31. The lowest BCUT2D eigenvalue weighted by Crippen LogP contribution is -2.17. The maximum absolute atomic E-state index is 12.2. The monoisotopic (exact) mass is 358 g/mol. The van der Waals surface area contributed by atoms with Gasteiger partial charge in [-0.2, -0.15) is 0 Å². The van der Waals surface area contributed by atoms with Gasteiger partial charge in [-0.25, -0.2) is 14.8 Å². The van der Waals surface area contributed by atoms with Gasteiger partial charge in [0.15, 0.2) is 5.69 Å². The molecule has 0 aliphatic carbocycles. The third-order valence-electron chi connectivity index (χ3n) is 2.85. The molecule has 0 saturated heterocycles. The first-order valence-electron chi connectivity index (χ1n) is 6.88. The molecular formula is C15H13F3N2O5. The van der Waals surface area contributed by atoms with Gasteiger partial charge >= 0.3 is 12.3 Å². The van der Waals surface area contributed by atoms with Crippen molar-refractivity contribution >= 4 is 5.97 Å². The van der Waals surface area contributed by atoms with Crippen LogP contribution in [0.2, 0.25) is 0 Å². The van der Waals surface area contributed by atoms with Gasteiger partial charge < -0.3 is 19.3 Å². The smallest absolute Gasteiger partial charge is 0.476 e. The molecule has 1 heterocycles. The van der Waals surface area contributed by atoms with E-state index in [1.54, 1.807) is 0 Å². The first kappa shape index (κ1) is 18.5. The summed E-state index contributed by atoms with van der Waals surface area (Å²) in [6, 6.07) is 4.74. The highest BCUT2D eigenvalue weighted by molar-refractivity contribution is 5.86. The van der Waals surface area contributed by atoms with Crippen molar-refractivity contribution in [1.82, 2.24) is 9.97 Å². The minimum atomic E-state index is -4.81. The van der Waals surface area contributed by atoms with Crippen molar-refractivity contribution in [2.45, 2.75) is 6.36 Å². The van der Waals surface area contributed by atoms with Crippen LogP contribution in [0.25, 0.3) is 11.3 Å². The zero-order valence-electron chi connectivity index (χ0n) is 12.9. The standard InChI is InChI=1S/C15H13F3N2O5/c1-23-6-7-24-13-12(20-11(8-19-13)14(21)22)9-2-4-10(5-3-9)25-15(16,17)18/h2-5,8H,6-7H2,1H3,(H,21,22). The van der Waals surface area contributed by atoms with Crippen LogP contribution in [0.5, 0.6) is 11.6 Å². The van der Waals surface area contributed by atoms with Gasteiger partial charge in [0, 0.05) is 12.7 Å². The number of carbonyl (C=O) groups is 1. The Morgan fingerprint density at radius 1 is 1.20 bits per heavy atom. The molecule has 134 valence electrons.